The second-order valence-corrected chi connectivity index (χ2v) is 4.89. The van der Waals surface area contributed by atoms with Crippen LogP contribution in [-0.4, -0.2) is 29.9 Å². The van der Waals surface area contributed by atoms with Crippen LogP contribution in [0.25, 0.3) is 0 Å². The molecular weight excluding hydrogens is 279 g/mol. The Labute approximate surface area is 114 Å². The van der Waals surface area contributed by atoms with Crippen molar-refractivity contribution in [2.75, 3.05) is 6.61 Å². The Morgan fingerprint density at radius 1 is 1.44 bits per heavy atom. The molecule has 0 aromatic heterocycles. The predicted molar refractivity (Wildman–Crippen MR) is 67.5 cm³/mol. The molecule has 18 heavy (non-hydrogen) atoms. The number of carbonyl (C=O) groups is 1. The van der Waals surface area contributed by atoms with Gasteiger partial charge in [-0.3, -0.25) is 0 Å². The monoisotopic (exact) mass is 290 g/mol. The molecule has 0 radical (unpaired) electrons. The predicted octanol–water partition coefficient (Wildman–Crippen LogP) is 3.00. The summed E-state index contributed by atoms with van der Waals surface area (Å²) < 4.78 is 10.8. The molecule has 0 saturated carbocycles. The van der Waals surface area contributed by atoms with Crippen molar-refractivity contribution in [2.24, 2.45) is 0 Å². The van der Waals surface area contributed by atoms with Crippen LogP contribution in [0.1, 0.15) is 12.8 Å². The molecule has 0 aliphatic carbocycles. The van der Waals surface area contributed by atoms with Gasteiger partial charge in [0.2, 0.25) is 0 Å². The number of hydrogen-bond donors (Lipinski definition) is 1. The minimum Gasteiger partial charge on any atom is -0.489 e. The summed E-state index contributed by atoms with van der Waals surface area (Å²) in [5.74, 6) is -0.454. The van der Waals surface area contributed by atoms with Crippen LogP contribution in [-0.2, 0) is 9.53 Å². The summed E-state index contributed by atoms with van der Waals surface area (Å²) >= 11 is 11.8. The Morgan fingerprint density at radius 3 is 2.89 bits per heavy atom. The normalized spacial score (nSPS) is 23.0. The van der Waals surface area contributed by atoms with Gasteiger partial charge in [-0.25, -0.2) is 4.79 Å². The van der Waals surface area contributed by atoms with Crippen molar-refractivity contribution in [3.63, 3.8) is 0 Å². The van der Waals surface area contributed by atoms with E-state index in [9.17, 15) is 4.79 Å². The lowest BCUT2D eigenvalue weighted by Crippen LogP contribution is -2.23. The van der Waals surface area contributed by atoms with Gasteiger partial charge in [0.05, 0.1) is 11.1 Å². The van der Waals surface area contributed by atoms with Gasteiger partial charge in [0, 0.05) is 11.1 Å². The number of carboxylic acid groups (broad SMARTS) is 1. The largest absolute Gasteiger partial charge is 0.489 e. The van der Waals surface area contributed by atoms with Gasteiger partial charge in [-0.15, -0.1) is 0 Å². The average molecular weight is 291 g/mol. The van der Waals surface area contributed by atoms with Gasteiger partial charge in [0.15, 0.2) is 6.10 Å². The van der Waals surface area contributed by atoms with E-state index in [4.69, 9.17) is 37.8 Å². The first-order valence-corrected chi connectivity index (χ1v) is 6.28. The molecule has 2 unspecified atom stereocenters. The van der Waals surface area contributed by atoms with Crippen LogP contribution < -0.4 is 4.74 Å². The van der Waals surface area contributed by atoms with Crippen LogP contribution >= 0.6 is 23.2 Å². The Kier molecular flexibility index (Phi) is 4.32. The maximum Gasteiger partial charge on any atom is 0.332 e. The molecule has 1 aliphatic rings. The van der Waals surface area contributed by atoms with Gasteiger partial charge in [0.1, 0.15) is 12.4 Å². The Balaban J connectivity index is 1.89. The first kappa shape index (κ1) is 13.5. The lowest BCUT2D eigenvalue weighted by molar-refractivity contribution is -0.149. The zero-order valence-corrected chi connectivity index (χ0v) is 10.9. The molecule has 1 aliphatic heterocycles. The SMILES string of the molecule is O=C(O)C1CCC(COc2cc(Cl)ccc2Cl)O1. The van der Waals surface area contributed by atoms with Crippen LogP contribution in [0.3, 0.4) is 0 Å². The topological polar surface area (TPSA) is 55.8 Å². The molecule has 2 atom stereocenters. The third-order valence-electron chi connectivity index (χ3n) is 2.70. The summed E-state index contributed by atoms with van der Waals surface area (Å²) in [4.78, 5) is 10.7. The van der Waals surface area contributed by atoms with Gasteiger partial charge in [-0.1, -0.05) is 23.2 Å². The highest BCUT2D eigenvalue weighted by atomic mass is 35.5. The lowest BCUT2D eigenvalue weighted by Gasteiger charge is -2.13. The molecule has 1 aromatic carbocycles. The number of aliphatic carboxylic acids is 1. The lowest BCUT2D eigenvalue weighted by atomic mass is 10.2. The van der Waals surface area contributed by atoms with Gasteiger partial charge >= 0.3 is 5.97 Å². The molecule has 1 N–H and O–H groups in total. The Morgan fingerprint density at radius 2 is 2.22 bits per heavy atom. The number of benzene rings is 1. The van der Waals surface area contributed by atoms with E-state index in [0.717, 1.165) is 0 Å². The average Bonchev–Trinajstić information content (AvgIpc) is 2.79. The van der Waals surface area contributed by atoms with Crippen LogP contribution in [0.2, 0.25) is 10.0 Å². The molecule has 98 valence electrons. The minimum atomic E-state index is -0.932. The van der Waals surface area contributed by atoms with E-state index < -0.39 is 12.1 Å². The first-order chi connectivity index (χ1) is 8.56. The fraction of sp³-hybridized carbons (Fsp3) is 0.417. The molecule has 4 nitrogen and oxygen atoms in total. The summed E-state index contributed by atoms with van der Waals surface area (Å²) in [6.07, 6.45) is 0.219. The number of carboxylic acids is 1. The van der Waals surface area contributed by atoms with Crippen molar-refractivity contribution in [1.82, 2.24) is 0 Å². The Bertz CT molecular complexity index is 450. The van der Waals surface area contributed by atoms with E-state index in [-0.39, 0.29) is 12.7 Å². The number of hydrogen-bond acceptors (Lipinski definition) is 3. The fourth-order valence-corrected chi connectivity index (χ4v) is 2.11. The maximum atomic E-state index is 10.7. The van der Waals surface area contributed by atoms with Crippen molar-refractivity contribution in [3.8, 4) is 5.75 Å². The van der Waals surface area contributed by atoms with Crippen molar-refractivity contribution in [3.05, 3.63) is 28.2 Å². The Hall–Kier alpha value is -0.970. The fourth-order valence-electron chi connectivity index (χ4n) is 1.78. The van der Waals surface area contributed by atoms with Crippen molar-refractivity contribution in [2.45, 2.75) is 25.0 Å². The second kappa shape index (κ2) is 5.78. The number of halogens is 2. The van der Waals surface area contributed by atoms with Crippen molar-refractivity contribution >= 4 is 29.2 Å². The molecule has 1 saturated heterocycles. The zero-order chi connectivity index (χ0) is 13.1. The molecule has 0 spiro atoms. The summed E-state index contributed by atoms with van der Waals surface area (Å²) in [6, 6.07) is 4.94. The quantitative estimate of drug-likeness (QED) is 0.926. The molecule has 1 aromatic rings. The molecule has 1 heterocycles. The molecule has 0 amide bonds. The maximum absolute atomic E-state index is 10.7. The van der Waals surface area contributed by atoms with Crippen LogP contribution in [0, 0.1) is 0 Å². The smallest absolute Gasteiger partial charge is 0.332 e. The zero-order valence-electron chi connectivity index (χ0n) is 9.44. The highest BCUT2D eigenvalue weighted by molar-refractivity contribution is 6.34. The van der Waals surface area contributed by atoms with Gasteiger partial charge in [0.25, 0.3) is 0 Å². The number of rotatable bonds is 4. The summed E-state index contributed by atoms with van der Waals surface area (Å²) in [6.45, 7) is 0.268. The standard InChI is InChI=1S/C12H12Cl2O4/c13-7-1-3-9(14)11(5-7)17-6-8-2-4-10(18-8)12(15)16/h1,3,5,8,10H,2,4,6H2,(H,15,16). The summed E-state index contributed by atoms with van der Waals surface area (Å²) in [7, 11) is 0. The van der Waals surface area contributed by atoms with Gasteiger partial charge < -0.3 is 14.6 Å². The molecule has 0 bridgehead atoms. The second-order valence-electron chi connectivity index (χ2n) is 4.05. The van der Waals surface area contributed by atoms with Crippen LogP contribution in [0.4, 0.5) is 0 Å². The molecule has 2 rings (SSSR count). The third kappa shape index (κ3) is 3.28. The van der Waals surface area contributed by atoms with Crippen LogP contribution in [0.5, 0.6) is 5.75 Å². The van der Waals surface area contributed by atoms with Gasteiger partial charge in [-0.05, 0) is 25.0 Å². The van der Waals surface area contributed by atoms with E-state index in [2.05, 4.69) is 0 Å². The van der Waals surface area contributed by atoms with E-state index in [1.54, 1.807) is 18.2 Å². The van der Waals surface area contributed by atoms with E-state index in [1.807, 2.05) is 0 Å². The first-order valence-electron chi connectivity index (χ1n) is 5.52. The molecule has 1 fully saturated rings. The van der Waals surface area contributed by atoms with Crippen molar-refractivity contribution in [1.29, 1.82) is 0 Å². The van der Waals surface area contributed by atoms with E-state index in [1.165, 1.54) is 0 Å². The van der Waals surface area contributed by atoms with Crippen LogP contribution in [0.15, 0.2) is 18.2 Å². The highest BCUT2D eigenvalue weighted by Crippen LogP contribution is 2.29. The van der Waals surface area contributed by atoms with Gasteiger partial charge in [-0.2, -0.15) is 0 Å². The highest BCUT2D eigenvalue weighted by Gasteiger charge is 2.30. The molecular formula is C12H12Cl2O4. The van der Waals surface area contributed by atoms with E-state index >= 15 is 0 Å². The third-order valence-corrected chi connectivity index (χ3v) is 3.25. The molecule has 6 heteroatoms. The van der Waals surface area contributed by atoms with E-state index in [0.29, 0.717) is 28.6 Å². The summed E-state index contributed by atoms with van der Waals surface area (Å²) in [5.41, 5.74) is 0. The van der Waals surface area contributed by atoms with Crippen molar-refractivity contribution < 1.29 is 19.4 Å². The number of ether oxygens (including phenoxy) is 2. The minimum absolute atomic E-state index is 0.221. The summed E-state index contributed by atoms with van der Waals surface area (Å²) in [5, 5.41) is 9.79.